The minimum Gasteiger partial charge on any atom is -0.465 e. The molecule has 3 N–H and O–H groups in total. The molecule has 0 atom stereocenters. The highest BCUT2D eigenvalue weighted by molar-refractivity contribution is 5.83. The van der Waals surface area contributed by atoms with Gasteiger partial charge in [-0.05, 0) is 6.07 Å². The highest BCUT2D eigenvalue weighted by Gasteiger charge is 2.10. The lowest BCUT2D eigenvalue weighted by Crippen LogP contribution is -2.10. The molecular formula is C8H7F2NO3. The van der Waals surface area contributed by atoms with Crippen LogP contribution in [0.15, 0.2) is 12.1 Å². The predicted molar refractivity (Wildman–Crippen MR) is 43.9 cm³/mol. The Hall–Kier alpha value is -1.69. The first kappa shape index (κ1) is 10.4. The van der Waals surface area contributed by atoms with Crippen LogP contribution in [-0.4, -0.2) is 16.3 Å². The Morgan fingerprint density at radius 1 is 1.36 bits per heavy atom. The number of hydrogen-bond donors (Lipinski definition) is 3. The third-order valence-electron chi connectivity index (χ3n) is 1.56. The molecule has 0 aliphatic rings. The third-order valence-corrected chi connectivity index (χ3v) is 1.56. The molecule has 0 heterocycles. The number of aliphatic hydroxyl groups excluding tert-OH is 1. The highest BCUT2D eigenvalue weighted by Crippen LogP contribution is 2.19. The van der Waals surface area contributed by atoms with Crippen molar-refractivity contribution in [1.29, 1.82) is 0 Å². The normalized spacial score (nSPS) is 9.93. The zero-order valence-corrected chi connectivity index (χ0v) is 6.92. The molecule has 0 fully saturated rings. The minimum atomic E-state index is -1.41. The lowest BCUT2D eigenvalue weighted by Gasteiger charge is -2.07. The Kier molecular flexibility index (Phi) is 2.98. The van der Waals surface area contributed by atoms with E-state index in [4.69, 9.17) is 10.2 Å². The molecule has 0 aliphatic heterocycles. The van der Waals surface area contributed by atoms with E-state index in [0.717, 1.165) is 6.07 Å². The van der Waals surface area contributed by atoms with Crippen molar-refractivity contribution in [3.05, 3.63) is 29.3 Å². The second-order valence-electron chi connectivity index (χ2n) is 2.51. The van der Waals surface area contributed by atoms with Crippen molar-refractivity contribution in [2.45, 2.75) is 6.61 Å². The molecule has 0 saturated carbocycles. The number of halogens is 2. The van der Waals surface area contributed by atoms with Gasteiger partial charge >= 0.3 is 6.09 Å². The smallest absolute Gasteiger partial charge is 0.409 e. The first-order valence-corrected chi connectivity index (χ1v) is 3.63. The monoisotopic (exact) mass is 203 g/mol. The molecule has 14 heavy (non-hydrogen) atoms. The molecule has 1 amide bonds. The van der Waals surface area contributed by atoms with E-state index in [2.05, 4.69) is 0 Å². The van der Waals surface area contributed by atoms with Crippen LogP contribution in [-0.2, 0) is 6.61 Å². The van der Waals surface area contributed by atoms with Crippen molar-refractivity contribution in [1.82, 2.24) is 0 Å². The zero-order valence-electron chi connectivity index (χ0n) is 6.92. The summed E-state index contributed by atoms with van der Waals surface area (Å²) < 4.78 is 25.3. The number of rotatable bonds is 2. The molecule has 0 aromatic heterocycles. The maximum Gasteiger partial charge on any atom is 0.409 e. The van der Waals surface area contributed by atoms with Gasteiger partial charge in [0.1, 0.15) is 0 Å². The second kappa shape index (κ2) is 4.01. The Balaban J connectivity index is 3.13. The van der Waals surface area contributed by atoms with E-state index in [0.29, 0.717) is 6.07 Å². The van der Waals surface area contributed by atoms with Gasteiger partial charge in [-0.15, -0.1) is 0 Å². The second-order valence-corrected chi connectivity index (χ2v) is 2.51. The van der Waals surface area contributed by atoms with E-state index < -0.39 is 24.3 Å². The highest BCUT2D eigenvalue weighted by atomic mass is 19.2. The predicted octanol–water partition coefficient (Wildman–Crippen LogP) is 1.55. The van der Waals surface area contributed by atoms with Crippen LogP contribution in [0.4, 0.5) is 19.3 Å². The summed E-state index contributed by atoms with van der Waals surface area (Å²) in [5.41, 5.74) is -0.190. The molecule has 1 rings (SSSR count). The summed E-state index contributed by atoms with van der Waals surface area (Å²) in [7, 11) is 0. The average Bonchev–Trinajstić information content (AvgIpc) is 2.10. The molecular weight excluding hydrogens is 196 g/mol. The van der Waals surface area contributed by atoms with Crippen molar-refractivity contribution in [2.24, 2.45) is 0 Å². The molecule has 0 saturated heterocycles. The number of carbonyl (C=O) groups is 1. The van der Waals surface area contributed by atoms with Crippen LogP contribution in [0.25, 0.3) is 0 Å². The molecule has 1 aromatic carbocycles. The zero-order chi connectivity index (χ0) is 10.7. The lowest BCUT2D eigenvalue weighted by molar-refractivity contribution is 0.209. The SMILES string of the molecule is O=C(O)Nc1cc(F)c(F)cc1CO. The first-order chi connectivity index (χ1) is 6.54. The van der Waals surface area contributed by atoms with Gasteiger partial charge in [-0.1, -0.05) is 0 Å². The third kappa shape index (κ3) is 2.17. The van der Waals surface area contributed by atoms with Crippen LogP contribution in [0.1, 0.15) is 5.56 Å². The van der Waals surface area contributed by atoms with E-state index in [1.807, 2.05) is 5.32 Å². The summed E-state index contributed by atoms with van der Waals surface area (Å²) in [5, 5.41) is 18.9. The maximum absolute atomic E-state index is 12.7. The molecule has 0 aliphatic carbocycles. The molecule has 0 radical (unpaired) electrons. The molecule has 0 unspecified atom stereocenters. The maximum atomic E-state index is 12.7. The molecule has 1 aromatic rings. The fraction of sp³-hybridized carbons (Fsp3) is 0.125. The largest absolute Gasteiger partial charge is 0.465 e. The van der Waals surface area contributed by atoms with Gasteiger partial charge in [0.2, 0.25) is 0 Å². The van der Waals surface area contributed by atoms with Gasteiger partial charge in [-0.25, -0.2) is 13.6 Å². The first-order valence-electron chi connectivity index (χ1n) is 3.63. The van der Waals surface area contributed by atoms with Crippen LogP contribution in [0, 0.1) is 11.6 Å². The number of benzene rings is 1. The summed E-state index contributed by atoms with van der Waals surface area (Å²) in [5.74, 6) is -2.31. The summed E-state index contributed by atoms with van der Waals surface area (Å²) in [6.45, 7) is -0.577. The minimum absolute atomic E-state index is 0.0219. The van der Waals surface area contributed by atoms with Crippen LogP contribution in [0.3, 0.4) is 0 Å². The number of hydrogen-bond acceptors (Lipinski definition) is 2. The van der Waals surface area contributed by atoms with Gasteiger partial charge in [0, 0.05) is 11.6 Å². The summed E-state index contributed by atoms with van der Waals surface area (Å²) >= 11 is 0. The van der Waals surface area contributed by atoms with Gasteiger partial charge in [0.05, 0.1) is 12.3 Å². The fourth-order valence-electron chi connectivity index (χ4n) is 0.950. The Morgan fingerprint density at radius 2 is 1.93 bits per heavy atom. The van der Waals surface area contributed by atoms with Crippen LogP contribution in [0.2, 0.25) is 0 Å². The number of nitrogens with one attached hydrogen (secondary N) is 1. The van der Waals surface area contributed by atoms with Gasteiger partial charge in [0.25, 0.3) is 0 Å². The van der Waals surface area contributed by atoms with Crippen molar-refractivity contribution >= 4 is 11.8 Å². The number of anilines is 1. The van der Waals surface area contributed by atoms with Gasteiger partial charge in [-0.2, -0.15) is 0 Å². The molecule has 6 heteroatoms. The van der Waals surface area contributed by atoms with Crippen molar-refractivity contribution in [3.8, 4) is 0 Å². The topological polar surface area (TPSA) is 69.6 Å². The lowest BCUT2D eigenvalue weighted by atomic mass is 10.2. The van der Waals surface area contributed by atoms with E-state index >= 15 is 0 Å². The van der Waals surface area contributed by atoms with Crippen LogP contribution < -0.4 is 5.32 Å². The molecule has 76 valence electrons. The number of aliphatic hydroxyl groups is 1. The fourth-order valence-corrected chi connectivity index (χ4v) is 0.950. The van der Waals surface area contributed by atoms with Crippen molar-refractivity contribution in [3.63, 3.8) is 0 Å². The summed E-state index contributed by atoms with van der Waals surface area (Å²) in [4.78, 5) is 10.2. The number of amides is 1. The standard InChI is InChI=1S/C8H7F2NO3/c9-5-1-4(3-12)7(2-6(5)10)11-8(13)14/h1-2,11-12H,3H2,(H,13,14). The van der Waals surface area contributed by atoms with Crippen molar-refractivity contribution < 1.29 is 23.8 Å². The van der Waals surface area contributed by atoms with Crippen molar-refractivity contribution in [2.75, 3.05) is 5.32 Å². The van der Waals surface area contributed by atoms with Gasteiger partial charge in [0.15, 0.2) is 11.6 Å². The van der Waals surface area contributed by atoms with E-state index in [9.17, 15) is 13.6 Å². The Labute approximate surface area is 77.8 Å². The van der Waals surface area contributed by atoms with Crippen LogP contribution >= 0.6 is 0 Å². The molecule has 0 spiro atoms. The number of carboxylic acid groups (broad SMARTS) is 1. The van der Waals surface area contributed by atoms with E-state index in [1.54, 1.807) is 0 Å². The summed E-state index contributed by atoms with van der Waals surface area (Å²) in [6, 6.07) is 1.41. The van der Waals surface area contributed by atoms with E-state index in [1.165, 1.54) is 0 Å². The molecule has 4 nitrogen and oxygen atoms in total. The van der Waals surface area contributed by atoms with E-state index in [-0.39, 0.29) is 11.3 Å². The quantitative estimate of drug-likeness (QED) is 0.682. The van der Waals surface area contributed by atoms with Gasteiger partial charge < -0.3 is 10.2 Å². The summed E-state index contributed by atoms with van der Waals surface area (Å²) in [6.07, 6.45) is -1.41. The Morgan fingerprint density at radius 3 is 2.43 bits per heavy atom. The molecule has 0 bridgehead atoms. The van der Waals surface area contributed by atoms with Gasteiger partial charge in [-0.3, -0.25) is 5.32 Å². The Bertz CT molecular complexity index is 368. The van der Waals surface area contributed by atoms with Crippen LogP contribution in [0.5, 0.6) is 0 Å². The average molecular weight is 203 g/mol.